The predicted octanol–water partition coefficient (Wildman–Crippen LogP) is 5.83. The van der Waals surface area contributed by atoms with Gasteiger partial charge in [0, 0.05) is 22.6 Å². The number of hydrogen-bond donors (Lipinski definition) is 0. The van der Waals surface area contributed by atoms with Crippen LogP contribution in [0.1, 0.15) is 70.0 Å². The molecule has 0 aromatic carbocycles. The van der Waals surface area contributed by atoms with E-state index in [1.165, 1.54) is 66.8 Å². The molecule has 0 bridgehead atoms. The highest BCUT2D eigenvalue weighted by Crippen LogP contribution is 2.23. The van der Waals surface area contributed by atoms with Gasteiger partial charge in [-0.1, -0.05) is 46.5 Å². The zero-order chi connectivity index (χ0) is 16.2. The van der Waals surface area contributed by atoms with Crippen LogP contribution in [0.3, 0.4) is 0 Å². The van der Waals surface area contributed by atoms with Crippen molar-refractivity contribution in [2.24, 2.45) is 0 Å². The number of unbranched alkanes of at least 4 members (excludes halogenated alkanes) is 2. The van der Waals surface area contributed by atoms with E-state index in [1.807, 2.05) is 0 Å². The monoisotopic (exact) mass is 310 g/mol. The molecule has 3 rings (SSSR count). The highest BCUT2D eigenvalue weighted by molar-refractivity contribution is 5.61. The van der Waals surface area contributed by atoms with Gasteiger partial charge in [0.1, 0.15) is 5.65 Å². The van der Waals surface area contributed by atoms with Crippen LogP contribution in [0.5, 0.6) is 0 Å². The summed E-state index contributed by atoms with van der Waals surface area (Å²) in [5, 5.41) is 0. The van der Waals surface area contributed by atoms with E-state index in [1.54, 1.807) is 0 Å². The number of fused-ring (bicyclic) bond motifs is 3. The zero-order valence-corrected chi connectivity index (χ0v) is 14.9. The topological polar surface area (TPSA) is 8.82 Å². The molecule has 0 saturated carbocycles. The molecular weight excluding hydrogens is 280 g/mol. The Morgan fingerprint density at radius 1 is 0.652 bits per heavy atom. The van der Waals surface area contributed by atoms with E-state index in [0.717, 1.165) is 12.8 Å². The molecule has 0 saturated heterocycles. The van der Waals surface area contributed by atoms with Crippen molar-refractivity contribution < 1.29 is 0 Å². The molecule has 2 heteroatoms. The lowest BCUT2D eigenvalue weighted by molar-refractivity contribution is 0.694. The van der Waals surface area contributed by atoms with Crippen LogP contribution in [0.2, 0.25) is 0 Å². The summed E-state index contributed by atoms with van der Waals surface area (Å²) >= 11 is 0. The molecular formula is C21H30N2. The largest absolute Gasteiger partial charge is 0.304 e. The summed E-state index contributed by atoms with van der Waals surface area (Å²) in [6, 6.07) is 11.7. The molecule has 124 valence electrons. The summed E-state index contributed by atoms with van der Waals surface area (Å²) < 4.78 is 5.00. The normalized spacial score (nSPS) is 11.8. The van der Waals surface area contributed by atoms with Crippen LogP contribution in [-0.2, 0) is 19.3 Å². The highest BCUT2D eigenvalue weighted by atomic mass is 15.1. The van der Waals surface area contributed by atoms with Crippen molar-refractivity contribution in [2.75, 3.05) is 0 Å². The lowest BCUT2D eigenvalue weighted by Gasteiger charge is -2.14. The number of aryl methyl sites for hydroxylation is 3. The molecule has 3 aromatic heterocycles. The fraction of sp³-hybridized carbons (Fsp3) is 0.524. The smallest absolute Gasteiger partial charge is 0.122 e. The van der Waals surface area contributed by atoms with Crippen molar-refractivity contribution in [1.29, 1.82) is 0 Å². The lowest BCUT2D eigenvalue weighted by Crippen LogP contribution is -2.06. The maximum Gasteiger partial charge on any atom is 0.122 e. The molecule has 0 fully saturated rings. The van der Waals surface area contributed by atoms with Crippen LogP contribution < -0.4 is 0 Å². The third kappa shape index (κ3) is 3.04. The second-order valence-electron chi connectivity index (χ2n) is 6.70. The molecule has 23 heavy (non-hydrogen) atoms. The van der Waals surface area contributed by atoms with Crippen LogP contribution in [0.4, 0.5) is 0 Å². The summed E-state index contributed by atoms with van der Waals surface area (Å²) in [4.78, 5) is 0. The van der Waals surface area contributed by atoms with Gasteiger partial charge in [0.05, 0.1) is 0 Å². The summed E-state index contributed by atoms with van der Waals surface area (Å²) in [5.41, 5.74) is 7.09. The molecule has 0 radical (unpaired) electrons. The van der Waals surface area contributed by atoms with Crippen LogP contribution in [0.25, 0.3) is 11.2 Å². The van der Waals surface area contributed by atoms with E-state index in [-0.39, 0.29) is 0 Å². The van der Waals surface area contributed by atoms with E-state index in [9.17, 15) is 0 Å². The van der Waals surface area contributed by atoms with E-state index < -0.39 is 0 Å². The highest BCUT2D eigenvalue weighted by Gasteiger charge is 2.12. The van der Waals surface area contributed by atoms with Gasteiger partial charge in [-0.05, 0) is 56.0 Å². The number of hydrogen-bond acceptors (Lipinski definition) is 0. The minimum Gasteiger partial charge on any atom is -0.304 e. The summed E-state index contributed by atoms with van der Waals surface area (Å²) in [6.07, 6.45) is 9.77. The summed E-state index contributed by atoms with van der Waals surface area (Å²) in [7, 11) is 0. The van der Waals surface area contributed by atoms with Crippen molar-refractivity contribution in [3.8, 4) is 0 Å². The van der Waals surface area contributed by atoms with Gasteiger partial charge in [-0.3, -0.25) is 4.40 Å². The predicted molar refractivity (Wildman–Crippen MR) is 99.6 cm³/mol. The molecule has 0 aliphatic rings. The quantitative estimate of drug-likeness (QED) is 0.463. The third-order valence-corrected chi connectivity index (χ3v) is 4.81. The first-order chi connectivity index (χ1) is 11.3. The minimum absolute atomic E-state index is 1.15. The fourth-order valence-electron chi connectivity index (χ4n) is 3.74. The van der Waals surface area contributed by atoms with Gasteiger partial charge in [0.15, 0.2) is 0 Å². The maximum atomic E-state index is 2.53. The zero-order valence-electron chi connectivity index (χ0n) is 14.9. The summed E-state index contributed by atoms with van der Waals surface area (Å²) in [5.74, 6) is 0. The Labute approximate surface area is 140 Å². The van der Waals surface area contributed by atoms with Gasteiger partial charge in [-0.25, -0.2) is 0 Å². The minimum atomic E-state index is 1.15. The average molecular weight is 310 g/mol. The molecule has 2 nitrogen and oxygen atoms in total. The van der Waals surface area contributed by atoms with Crippen molar-refractivity contribution in [2.45, 2.75) is 72.1 Å². The van der Waals surface area contributed by atoms with E-state index in [0.29, 0.717) is 0 Å². The van der Waals surface area contributed by atoms with Crippen molar-refractivity contribution in [3.05, 3.63) is 47.4 Å². The second kappa shape index (κ2) is 7.25. The van der Waals surface area contributed by atoms with Gasteiger partial charge in [0.25, 0.3) is 0 Å². The number of nitrogens with zero attached hydrogens (tertiary/aromatic N) is 2. The van der Waals surface area contributed by atoms with Crippen molar-refractivity contribution in [1.82, 2.24) is 8.80 Å². The maximum absolute atomic E-state index is 2.53. The molecule has 0 atom stereocenters. The number of rotatable bonds is 8. The van der Waals surface area contributed by atoms with Gasteiger partial charge >= 0.3 is 0 Å². The molecule has 0 aliphatic heterocycles. The fourth-order valence-corrected chi connectivity index (χ4v) is 3.74. The molecule has 0 amide bonds. The first-order valence-electron chi connectivity index (χ1n) is 9.42. The SMILES string of the molecule is CCCCCc1cc2ccc(CCC)n2c2ccc(CCC)n12. The van der Waals surface area contributed by atoms with Gasteiger partial charge in [-0.2, -0.15) is 0 Å². The molecule has 0 unspecified atom stereocenters. The van der Waals surface area contributed by atoms with Crippen molar-refractivity contribution in [3.63, 3.8) is 0 Å². The molecule has 0 N–H and O–H groups in total. The third-order valence-electron chi connectivity index (χ3n) is 4.81. The first-order valence-corrected chi connectivity index (χ1v) is 9.42. The molecule has 3 aromatic rings. The van der Waals surface area contributed by atoms with Crippen LogP contribution >= 0.6 is 0 Å². The molecule has 0 spiro atoms. The van der Waals surface area contributed by atoms with Gasteiger partial charge in [-0.15, -0.1) is 0 Å². The standard InChI is InChI=1S/C21H30N2/c1-4-7-8-11-19-16-20-13-12-17(9-5-2)23(20)21-15-14-18(10-6-3)22(19)21/h12-16H,4-11H2,1-3H3. The van der Waals surface area contributed by atoms with E-state index in [4.69, 9.17) is 0 Å². The Balaban J connectivity index is 2.17. The average Bonchev–Trinajstić information content (AvgIpc) is 3.13. The Bertz CT molecular complexity index is 776. The van der Waals surface area contributed by atoms with Crippen LogP contribution in [-0.4, -0.2) is 8.80 Å². The molecule has 3 heterocycles. The van der Waals surface area contributed by atoms with E-state index >= 15 is 0 Å². The van der Waals surface area contributed by atoms with Gasteiger partial charge < -0.3 is 4.40 Å². The first kappa shape index (κ1) is 16.2. The Kier molecular flexibility index (Phi) is 5.09. The Hall–Kier alpha value is -1.70. The lowest BCUT2D eigenvalue weighted by atomic mass is 10.1. The Morgan fingerprint density at radius 3 is 2.04 bits per heavy atom. The molecule has 0 aliphatic carbocycles. The van der Waals surface area contributed by atoms with Gasteiger partial charge in [0.2, 0.25) is 0 Å². The van der Waals surface area contributed by atoms with Crippen LogP contribution in [0, 0.1) is 0 Å². The number of aromatic nitrogens is 2. The van der Waals surface area contributed by atoms with Crippen molar-refractivity contribution >= 4 is 11.2 Å². The van der Waals surface area contributed by atoms with E-state index in [2.05, 4.69) is 59.9 Å². The van der Waals surface area contributed by atoms with Crippen LogP contribution in [0.15, 0.2) is 30.3 Å². The second-order valence-corrected chi connectivity index (χ2v) is 6.70. The summed E-state index contributed by atoms with van der Waals surface area (Å²) in [6.45, 7) is 6.81. The Morgan fingerprint density at radius 2 is 1.35 bits per heavy atom.